The number of rotatable bonds is 9. The molecule has 1 atom stereocenters. The lowest BCUT2D eigenvalue weighted by atomic mass is 10.0. The van der Waals surface area contributed by atoms with Crippen LogP contribution in [0, 0.1) is 0 Å². The first-order valence-electron chi connectivity index (χ1n) is 7.67. The molecule has 0 fully saturated rings. The number of hydrogen-bond donors (Lipinski definition) is 2. The highest BCUT2D eigenvalue weighted by Gasteiger charge is 2.35. The number of aromatic nitrogens is 1. The first-order valence-corrected chi connectivity index (χ1v) is 8.93. The van der Waals surface area contributed by atoms with Gasteiger partial charge in [0.2, 0.25) is 5.91 Å². The lowest BCUT2D eigenvalue weighted by molar-refractivity contribution is -0.149. The predicted octanol–water partition coefficient (Wildman–Crippen LogP) is 2.52. The largest absolute Gasteiger partial charge is 0.486 e. The van der Waals surface area contributed by atoms with E-state index in [9.17, 15) is 14.7 Å². The lowest BCUT2D eigenvalue weighted by Crippen LogP contribution is -2.55. The number of halogens is 1. The molecule has 1 heterocycles. The van der Waals surface area contributed by atoms with Crippen molar-refractivity contribution in [3.63, 3.8) is 0 Å². The molecule has 2 aromatic rings. The van der Waals surface area contributed by atoms with E-state index >= 15 is 0 Å². The van der Waals surface area contributed by atoms with Crippen molar-refractivity contribution in [2.75, 3.05) is 13.7 Å². The van der Waals surface area contributed by atoms with Crippen LogP contribution in [0.3, 0.4) is 0 Å². The van der Waals surface area contributed by atoms with Crippen LogP contribution in [0.25, 0.3) is 0 Å². The standard InChI is InChI=1S/C17H19ClN2O5S/c1-17(10-24-2,16(22)23)20-14(21)7-12-9-26-15(19-12)8-25-13-5-3-11(18)4-6-13/h3-6,9H,7-8,10H2,1-2H3,(H,20,21)(H,22,23). The summed E-state index contributed by atoms with van der Waals surface area (Å²) in [4.78, 5) is 27.8. The van der Waals surface area contributed by atoms with E-state index in [1.165, 1.54) is 25.4 Å². The summed E-state index contributed by atoms with van der Waals surface area (Å²) in [6.07, 6.45) is -0.0238. The Balaban J connectivity index is 1.89. The van der Waals surface area contributed by atoms with Crippen LogP contribution in [0.2, 0.25) is 5.02 Å². The van der Waals surface area contributed by atoms with Gasteiger partial charge in [0, 0.05) is 17.5 Å². The minimum absolute atomic E-state index is 0.0238. The van der Waals surface area contributed by atoms with Gasteiger partial charge in [0.05, 0.1) is 18.7 Å². The second-order valence-electron chi connectivity index (χ2n) is 5.77. The third kappa shape index (κ3) is 5.69. The Morgan fingerprint density at radius 2 is 2.04 bits per heavy atom. The molecule has 7 nitrogen and oxygen atoms in total. The molecular formula is C17H19ClN2O5S. The molecule has 26 heavy (non-hydrogen) atoms. The zero-order valence-corrected chi connectivity index (χ0v) is 15.9. The molecule has 140 valence electrons. The van der Waals surface area contributed by atoms with Crippen molar-refractivity contribution in [3.05, 3.63) is 45.4 Å². The van der Waals surface area contributed by atoms with Crippen molar-refractivity contribution >= 4 is 34.8 Å². The van der Waals surface area contributed by atoms with Crippen molar-refractivity contribution in [3.8, 4) is 5.75 Å². The average Bonchev–Trinajstić information content (AvgIpc) is 3.01. The quantitative estimate of drug-likeness (QED) is 0.673. The number of amides is 1. The second kappa shape index (κ2) is 8.98. The molecule has 0 radical (unpaired) electrons. The predicted molar refractivity (Wildman–Crippen MR) is 97.7 cm³/mol. The van der Waals surface area contributed by atoms with Crippen LogP contribution in [0.15, 0.2) is 29.6 Å². The van der Waals surface area contributed by atoms with Gasteiger partial charge in [-0.3, -0.25) is 4.79 Å². The van der Waals surface area contributed by atoms with E-state index in [1.54, 1.807) is 29.6 Å². The van der Waals surface area contributed by atoms with Gasteiger partial charge in [-0.1, -0.05) is 11.6 Å². The normalized spacial score (nSPS) is 13.0. The third-order valence-electron chi connectivity index (χ3n) is 3.44. The van der Waals surface area contributed by atoms with Gasteiger partial charge in [-0.25, -0.2) is 9.78 Å². The van der Waals surface area contributed by atoms with Crippen LogP contribution >= 0.6 is 22.9 Å². The number of carbonyl (C=O) groups is 2. The number of aliphatic carboxylic acids is 1. The van der Waals surface area contributed by atoms with Gasteiger partial charge in [0.15, 0.2) is 5.54 Å². The molecule has 0 aliphatic carbocycles. The summed E-state index contributed by atoms with van der Waals surface area (Å²) in [5, 5.41) is 14.8. The second-order valence-corrected chi connectivity index (χ2v) is 7.15. The Labute approximate surface area is 159 Å². The molecule has 0 bridgehead atoms. The number of hydrogen-bond acceptors (Lipinski definition) is 6. The Bertz CT molecular complexity index is 765. The fraction of sp³-hybridized carbons (Fsp3) is 0.353. The van der Waals surface area contributed by atoms with Crippen molar-refractivity contribution in [2.45, 2.75) is 25.5 Å². The number of thiazole rings is 1. The zero-order valence-electron chi connectivity index (χ0n) is 14.3. The molecule has 0 saturated carbocycles. The number of carbonyl (C=O) groups excluding carboxylic acids is 1. The van der Waals surface area contributed by atoms with Gasteiger partial charge in [0.1, 0.15) is 17.4 Å². The number of methoxy groups -OCH3 is 1. The molecule has 0 aliphatic rings. The highest BCUT2D eigenvalue weighted by atomic mass is 35.5. The minimum atomic E-state index is -1.48. The molecule has 0 spiro atoms. The van der Waals surface area contributed by atoms with Crippen LogP contribution in [-0.4, -0.2) is 41.2 Å². The first kappa shape index (κ1) is 20.2. The van der Waals surface area contributed by atoms with Crippen LogP contribution in [0.4, 0.5) is 0 Å². The third-order valence-corrected chi connectivity index (χ3v) is 4.56. The van der Waals surface area contributed by atoms with E-state index in [0.717, 1.165) is 0 Å². The van der Waals surface area contributed by atoms with Gasteiger partial charge in [-0.2, -0.15) is 0 Å². The number of nitrogens with one attached hydrogen (secondary N) is 1. The molecule has 1 amide bonds. The number of ether oxygens (including phenoxy) is 2. The summed E-state index contributed by atoms with van der Waals surface area (Å²) >= 11 is 7.18. The van der Waals surface area contributed by atoms with Crippen LogP contribution in [0.1, 0.15) is 17.6 Å². The van der Waals surface area contributed by atoms with Crippen molar-refractivity contribution in [2.24, 2.45) is 0 Å². The smallest absolute Gasteiger partial charge is 0.331 e. The van der Waals surface area contributed by atoms with E-state index in [4.69, 9.17) is 21.1 Å². The van der Waals surface area contributed by atoms with Crippen molar-refractivity contribution < 1.29 is 24.2 Å². The van der Waals surface area contributed by atoms with Gasteiger partial charge < -0.3 is 19.9 Å². The molecule has 1 unspecified atom stereocenters. The number of benzene rings is 1. The fourth-order valence-electron chi connectivity index (χ4n) is 2.13. The van der Waals surface area contributed by atoms with Crippen molar-refractivity contribution in [1.29, 1.82) is 0 Å². The maximum absolute atomic E-state index is 12.1. The lowest BCUT2D eigenvalue weighted by Gasteiger charge is -2.25. The van der Waals surface area contributed by atoms with Crippen LogP contribution in [-0.2, 0) is 27.4 Å². The Hall–Kier alpha value is -2.16. The van der Waals surface area contributed by atoms with E-state index in [0.29, 0.717) is 21.5 Å². The number of nitrogens with zero attached hydrogens (tertiary/aromatic N) is 1. The minimum Gasteiger partial charge on any atom is -0.486 e. The highest BCUT2D eigenvalue weighted by Crippen LogP contribution is 2.18. The Kier molecular flexibility index (Phi) is 6.96. The van der Waals surface area contributed by atoms with Gasteiger partial charge in [0.25, 0.3) is 0 Å². The van der Waals surface area contributed by atoms with Gasteiger partial charge in [-0.05, 0) is 31.2 Å². The molecule has 0 saturated heterocycles. The van der Waals surface area contributed by atoms with Gasteiger partial charge >= 0.3 is 5.97 Å². The maximum atomic E-state index is 12.1. The molecule has 1 aromatic carbocycles. The molecular weight excluding hydrogens is 380 g/mol. The Morgan fingerprint density at radius 1 is 1.35 bits per heavy atom. The molecule has 1 aromatic heterocycles. The molecule has 9 heteroatoms. The summed E-state index contributed by atoms with van der Waals surface area (Å²) in [7, 11) is 1.38. The zero-order chi connectivity index (χ0) is 19.2. The first-order chi connectivity index (χ1) is 12.3. The molecule has 2 rings (SSSR count). The monoisotopic (exact) mass is 398 g/mol. The summed E-state index contributed by atoms with van der Waals surface area (Å²) in [5.41, 5.74) is -0.935. The number of carboxylic acid groups (broad SMARTS) is 1. The van der Waals surface area contributed by atoms with E-state index in [-0.39, 0.29) is 19.6 Å². The SMILES string of the molecule is COCC(C)(NC(=O)Cc1csc(COc2ccc(Cl)cc2)n1)C(=O)O. The van der Waals surface area contributed by atoms with Crippen molar-refractivity contribution in [1.82, 2.24) is 10.3 Å². The van der Waals surface area contributed by atoms with E-state index in [2.05, 4.69) is 10.3 Å². The molecule has 2 N–H and O–H groups in total. The average molecular weight is 399 g/mol. The van der Waals surface area contributed by atoms with Crippen LogP contribution < -0.4 is 10.1 Å². The summed E-state index contributed by atoms with van der Waals surface area (Å²) in [6.45, 7) is 1.53. The van der Waals surface area contributed by atoms with Gasteiger partial charge in [-0.15, -0.1) is 11.3 Å². The highest BCUT2D eigenvalue weighted by molar-refractivity contribution is 7.09. The van der Waals surface area contributed by atoms with E-state index < -0.39 is 17.4 Å². The molecule has 0 aliphatic heterocycles. The van der Waals surface area contributed by atoms with E-state index in [1.807, 2.05) is 0 Å². The number of carboxylic acids is 1. The Morgan fingerprint density at radius 3 is 2.65 bits per heavy atom. The summed E-state index contributed by atoms with van der Waals surface area (Å²) < 4.78 is 10.5. The fourth-order valence-corrected chi connectivity index (χ4v) is 2.96. The summed E-state index contributed by atoms with van der Waals surface area (Å²) in [5.74, 6) is -0.939. The maximum Gasteiger partial charge on any atom is 0.331 e. The summed E-state index contributed by atoms with van der Waals surface area (Å²) in [6, 6.07) is 6.97. The van der Waals surface area contributed by atoms with Crippen LogP contribution in [0.5, 0.6) is 5.75 Å². The topological polar surface area (TPSA) is 97.8 Å².